The van der Waals surface area contributed by atoms with E-state index in [9.17, 15) is 0 Å². The van der Waals surface area contributed by atoms with Gasteiger partial charge < -0.3 is 19.3 Å². The summed E-state index contributed by atoms with van der Waals surface area (Å²) in [7, 11) is 0. The summed E-state index contributed by atoms with van der Waals surface area (Å²) in [6.45, 7) is 0. The molecule has 0 saturated carbocycles. The summed E-state index contributed by atoms with van der Waals surface area (Å²) in [5.74, 6) is 1.27. The number of aliphatic imine (C=N–C) groups is 2. The number of nitrogens with zero attached hydrogens (tertiary/aromatic N) is 4. The molecule has 244 valence electrons. The lowest BCUT2D eigenvalue weighted by molar-refractivity contribution is 0.668. The fraction of sp³-hybridized carbons (Fsp3) is 0.0213. The van der Waals surface area contributed by atoms with Gasteiger partial charge in [0.2, 0.25) is 0 Å². The van der Waals surface area contributed by atoms with E-state index in [-0.39, 0.29) is 0 Å². The highest BCUT2D eigenvalue weighted by atomic mass is 16.3. The highest BCUT2D eigenvalue weighted by molar-refractivity contribution is 6.23. The maximum absolute atomic E-state index is 6.66. The third kappa shape index (κ3) is 4.42. The third-order valence-corrected chi connectivity index (χ3v) is 10.3. The standard InChI is InChI=1S/C47H29N4O/c1-3-14-30(15-4-1)45-48-46(31-16-5-2-6-17-31)50-47(49-45)33-26-41(44-36-20-10-12-22-42(36)52-43(44)27-33)51-39-21-11-9-19-35(39)38-25-32-24-23-29-13-7-8-18-34(29)37(32)28-40(38)51/h1-28,45H/q-1. The number of benzene rings is 8. The Morgan fingerprint density at radius 1 is 0.500 bits per heavy atom. The van der Waals surface area contributed by atoms with Crippen molar-refractivity contribution in [1.29, 1.82) is 0 Å². The molecule has 0 N–H and O–H groups in total. The number of para-hydroxylation sites is 2. The SMILES string of the molecule is c1ccc(C2=NC(c3ccccc3)[N-]C(c3cc(-n4c5ccccc5c5cc6ccc7ccccc7c6cc54)c4c(c3)oc3ccccc34)=N2)cc1. The molecule has 1 unspecified atom stereocenters. The van der Waals surface area contributed by atoms with Gasteiger partial charge in [0.1, 0.15) is 11.2 Å². The summed E-state index contributed by atoms with van der Waals surface area (Å²) in [6, 6.07) is 59.5. The van der Waals surface area contributed by atoms with Crippen molar-refractivity contribution < 1.29 is 4.42 Å². The number of furan rings is 1. The summed E-state index contributed by atoms with van der Waals surface area (Å²) in [4.78, 5) is 10.2. The largest absolute Gasteiger partial charge is 0.456 e. The van der Waals surface area contributed by atoms with Crippen LogP contribution < -0.4 is 0 Å². The van der Waals surface area contributed by atoms with Crippen molar-refractivity contribution in [2.24, 2.45) is 9.98 Å². The molecule has 0 aliphatic carbocycles. The van der Waals surface area contributed by atoms with E-state index in [4.69, 9.17) is 19.7 Å². The predicted octanol–water partition coefficient (Wildman–Crippen LogP) is 12.3. The van der Waals surface area contributed by atoms with E-state index in [1.165, 1.54) is 32.3 Å². The van der Waals surface area contributed by atoms with Crippen molar-refractivity contribution in [2.45, 2.75) is 6.17 Å². The molecule has 11 rings (SSSR count). The molecule has 52 heavy (non-hydrogen) atoms. The zero-order valence-electron chi connectivity index (χ0n) is 27.9. The molecule has 0 spiro atoms. The van der Waals surface area contributed by atoms with Gasteiger partial charge >= 0.3 is 0 Å². The Hall–Kier alpha value is -6.98. The maximum atomic E-state index is 6.66. The summed E-state index contributed by atoms with van der Waals surface area (Å²) in [6.07, 6.45) is -0.438. The fourth-order valence-corrected chi connectivity index (χ4v) is 7.93. The van der Waals surface area contributed by atoms with Gasteiger partial charge in [-0.3, -0.25) is 4.99 Å². The minimum absolute atomic E-state index is 0.438. The lowest BCUT2D eigenvalue weighted by Crippen LogP contribution is -2.16. The highest BCUT2D eigenvalue weighted by Gasteiger charge is 2.21. The van der Waals surface area contributed by atoms with Crippen LogP contribution in [-0.4, -0.2) is 16.2 Å². The molecule has 1 aliphatic heterocycles. The number of aromatic nitrogens is 1. The quantitative estimate of drug-likeness (QED) is 0.173. The second kappa shape index (κ2) is 11.3. The van der Waals surface area contributed by atoms with Gasteiger partial charge in [-0.25, -0.2) is 0 Å². The van der Waals surface area contributed by atoms with Gasteiger partial charge in [-0.15, -0.1) is 0 Å². The van der Waals surface area contributed by atoms with Gasteiger partial charge in [-0.2, -0.15) is 0 Å². The monoisotopic (exact) mass is 665 g/mol. The minimum Gasteiger partial charge on any atom is -0.456 e. The average Bonchev–Trinajstić information content (AvgIpc) is 3.75. The smallest absolute Gasteiger partial charge is 0.138 e. The van der Waals surface area contributed by atoms with Crippen LogP contribution in [0, 0.1) is 0 Å². The second-order valence-electron chi connectivity index (χ2n) is 13.4. The Labute approximate surface area is 298 Å². The molecular weight excluding hydrogens is 637 g/mol. The van der Waals surface area contributed by atoms with E-state index >= 15 is 0 Å². The van der Waals surface area contributed by atoms with Crippen LogP contribution in [0.1, 0.15) is 22.9 Å². The summed E-state index contributed by atoms with van der Waals surface area (Å²) >= 11 is 0. The fourth-order valence-electron chi connectivity index (χ4n) is 7.93. The van der Waals surface area contributed by atoms with E-state index in [2.05, 4.69) is 114 Å². The van der Waals surface area contributed by atoms with Crippen LogP contribution in [0.5, 0.6) is 0 Å². The molecule has 0 amide bonds. The Balaban J connectivity index is 1.22. The third-order valence-electron chi connectivity index (χ3n) is 10.3. The highest BCUT2D eigenvalue weighted by Crippen LogP contribution is 2.42. The Morgan fingerprint density at radius 3 is 2.08 bits per heavy atom. The molecule has 0 saturated heterocycles. The molecule has 0 bridgehead atoms. The van der Waals surface area contributed by atoms with Gasteiger partial charge in [0.05, 0.1) is 34.1 Å². The number of rotatable bonds is 4. The summed E-state index contributed by atoms with van der Waals surface area (Å²) in [5, 5.41) is 14.6. The summed E-state index contributed by atoms with van der Waals surface area (Å²) < 4.78 is 9.06. The maximum Gasteiger partial charge on any atom is 0.138 e. The molecule has 2 aromatic heterocycles. The van der Waals surface area contributed by atoms with E-state index < -0.39 is 6.17 Å². The number of hydrogen-bond donors (Lipinski definition) is 0. The van der Waals surface area contributed by atoms with Crippen molar-refractivity contribution in [3.05, 3.63) is 192 Å². The van der Waals surface area contributed by atoms with E-state index in [1.807, 2.05) is 60.7 Å². The molecular formula is C47H29N4O-. The first kappa shape index (κ1) is 28.8. The number of fused-ring (bicyclic) bond motifs is 9. The van der Waals surface area contributed by atoms with Crippen LogP contribution in [0.25, 0.3) is 76.3 Å². The van der Waals surface area contributed by atoms with E-state index in [1.54, 1.807) is 0 Å². The molecule has 5 nitrogen and oxygen atoms in total. The van der Waals surface area contributed by atoms with Crippen molar-refractivity contribution in [3.8, 4) is 5.69 Å². The van der Waals surface area contributed by atoms with E-state index in [0.717, 1.165) is 55.3 Å². The molecule has 3 heterocycles. The van der Waals surface area contributed by atoms with Crippen molar-refractivity contribution in [2.75, 3.05) is 0 Å². The first-order chi connectivity index (χ1) is 25.8. The molecule has 0 fully saturated rings. The Kier molecular flexibility index (Phi) is 6.25. The van der Waals surface area contributed by atoms with Crippen LogP contribution in [-0.2, 0) is 0 Å². The van der Waals surface area contributed by atoms with Gasteiger partial charge in [-0.1, -0.05) is 139 Å². The first-order valence-electron chi connectivity index (χ1n) is 17.6. The predicted molar refractivity (Wildman–Crippen MR) is 215 cm³/mol. The first-order valence-corrected chi connectivity index (χ1v) is 17.6. The zero-order chi connectivity index (χ0) is 34.2. The van der Waals surface area contributed by atoms with Crippen LogP contribution in [0.15, 0.2) is 184 Å². The second-order valence-corrected chi connectivity index (χ2v) is 13.4. The van der Waals surface area contributed by atoms with E-state index in [0.29, 0.717) is 11.7 Å². The molecule has 1 aliphatic rings. The van der Waals surface area contributed by atoms with Crippen LogP contribution in [0.4, 0.5) is 0 Å². The van der Waals surface area contributed by atoms with Crippen molar-refractivity contribution in [3.63, 3.8) is 0 Å². The lowest BCUT2D eigenvalue weighted by atomic mass is 10.00. The minimum atomic E-state index is -0.438. The van der Waals surface area contributed by atoms with Gasteiger partial charge in [0.25, 0.3) is 0 Å². The van der Waals surface area contributed by atoms with Crippen molar-refractivity contribution >= 4 is 77.0 Å². The summed E-state index contributed by atoms with van der Waals surface area (Å²) in [5.41, 5.74) is 7.71. The van der Waals surface area contributed by atoms with Crippen LogP contribution in [0.3, 0.4) is 0 Å². The average molecular weight is 666 g/mol. The molecule has 1 atom stereocenters. The molecule has 5 heteroatoms. The Morgan fingerprint density at radius 2 is 1.21 bits per heavy atom. The van der Waals surface area contributed by atoms with Crippen LogP contribution >= 0.6 is 0 Å². The van der Waals surface area contributed by atoms with Gasteiger partial charge in [0, 0.05) is 16.2 Å². The van der Waals surface area contributed by atoms with Gasteiger partial charge in [-0.05, 0) is 74.6 Å². The molecule has 8 aromatic carbocycles. The van der Waals surface area contributed by atoms with Gasteiger partial charge in [0.15, 0.2) is 0 Å². The molecule has 10 aromatic rings. The van der Waals surface area contributed by atoms with Crippen LogP contribution in [0.2, 0.25) is 0 Å². The number of hydrogen-bond acceptors (Lipinski definition) is 3. The zero-order valence-corrected chi connectivity index (χ0v) is 27.9. The Bertz CT molecular complexity index is 3100. The van der Waals surface area contributed by atoms with Crippen molar-refractivity contribution in [1.82, 2.24) is 4.57 Å². The molecule has 0 radical (unpaired) electrons. The number of amidine groups is 2. The lowest BCUT2D eigenvalue weighted by Gasteiger charge is -2.32. The topological polar surface area (TPSA) is 56.9 Å². The normalized spacial score (nSPS) is 14.7.